The van der Waals surface area contributed by atoms with Crippen LogP contribution in [-0.2, 0) is 0 Å². The maximum Gasteiger partial charge on any atom is 0.140 e. The fourth-order valence-corrected chi connectivity index (χ4v) is 2.62. The topological polar surface area (TPSA) is 52.0 Å². The Kier molecular flexibility index (Phi) is 3.16. The predicted octanol–water partition coefficient (Wildman–Crippen LogP) is 1.67. The molecule has 94 valence electrons. The highest BCUT2D eigenvalue weighted by Crippen LogP contribution is 2.32. The number of hydrogen-bond acceptors (Lipinski definition) is 4. The number of anilines is 1. The summed E-state index contributed by atoms with van der Waals surface area (Å²) in [6.07, 6.45) is 6.97. The summed E-state index contributed by atoms with van der Waals surface area (Å²) in [5, 5.41) is 12.3. The van der Waals surface area contributed by atoms with Crippen molar-refractivity contribution in [2.75, 3.05) is 18.0 Å². The lowest BCUT2D eigenvalue weighted by atomic mass is 10.2. The molecule has 0 radical (unpaired) electrons. The van der Waals surface area contributed by atoms with Crippen molar-refractivity contribution in [2.45, 2.75) is 37.8 Å². The maximum absolute atomic E-state index is 8.78. The number of aromatic nitrogens is 1. The van der Waals surface area contributed by atoms with Crippen LogP contribution in [0.1, 0.15) is 31.4 Å². The maximum atomic E-state index is 8.78. The first-order valence-corrected chi connectivity index (χ1v) is 6.73. The van der Waals surface area contributed by atoms with Gasteiger partial charge < -0.3 is 10.2 Å². The normalized spacial score (nSPS) is 22.7. The third-order valence-electron chi connectivity index (χ3n) is 3.76. The zero-order valence-electron chi connectivity index (χ0n) is 10.5. The van der Waals surface area contributed by atoms with Gasteiger partial charge in [-0.25, -0.2) is 4.98 Å². The second kappa shape index (κ2) is 4.95. The fourth-order valence-electron chi connectivity index (χ4n) is 2.62. The van der Waals surface area contributed by atoms with Crippen molar-refractivity contribution in [3.63, 3.8) is 0 Å². The Bertz CT molecular complexity index is 438. The zero-order chi connectivity index (χ0) is 12.4. The minimum absolute atomic E-state index is 0.494. The van der Waals surface area contributed by atoms with Crippen LogP contribution in [0.2, 0.25) is 0 Å². The Hall–Kier alpha value is -1.60. The Morgan fingerprint density at radius 2 is 2.28 bits per heavy atom. The minimum Gasteiger partial charge on any atom is -0.366 e. The molecule has 1 unspecified atom stereocenters. The molecule has 18 heavy (non-hydrogen) atoms. The van der Waals surface area contributed by atoms with Crippen molar-refractivity contribution in [3.8, 4) is 6.07 Å². The van der Waals surface area contributed by atoms with Gasteiger partial charge in [0.25, 0.3) is 0 Å². The van der Waals surface area contributed by atoms with Crippen molar-refractivity contribution >= 4 is 5.69 Å². The minimum atomic E-state index is 0.494. The molecule has 1 aliphatic heterocycles. The summed E-state index contributed by atoms with van der Waals surface area (Å²) >= 11 is 0. The average Bonchev–Trinajstić information content (AvgIpc) is 3.13. The van der Waals surface area contributed by atoms with Gasteiger partial charge in [-0.15, -0.1) is 0 Å². The van der Waals surface area contributed by atoms with E-state index in [1.54, 1.807) is 0 Å². The Labute approximate surface area is 108 Å². The quantitative estimate of drug-likeness (QED) is 0.872. The van der Waals surface area contributed by atoms with Gasteiger partial charge in [-0.05, 0) is 44.4 Å². The highest BCUT2D eigenvalue weighted by atomic mass is 15.2. The molecule has 1 saturated heterocycles. The van der Waals surface area contributed by atoms with Gasteiger partial charge in [-0.2, -0.15) is 5.26 Å². The summed E-state index contributed by atoms with van der Waals surface area (Å²) in [5.41, 5.74) is 1.65. The van der Waals surface area contributed by atoms with Gasteiger partial charge in [0.2, 0.25) is 0 Å². The number of nitriles is 1. The van der Waals surface area contributed by atoms with Crippen LogP contribution in [0, 0.1) is 11.3 Å². The molecule has 4 nitrogen and oxygen atoms in total. The second-order valence-corrected chi connectivity index (χ2v) is 5.19. The molecule has 0 spiro atoms. The van der Waals surface area contributed by atoms with Gasteiger partial charge in [0, 0.05) is 18.6 Å². The highest BCUT2D eigenvalue weighted by molar-refractivity contribution is 5.48. The highest BCUT2D eigenvalue weighted by Gasteiger charge is 2.31. The monoisotopic (exact) mass is 242 g/mol. The van der Waals surface area contributed by atoms with Gasteiger partial charge in [0.05, 0.1) is 11.9 Å². The summed E-state index contributed by atoms with van der Waals surface area (Å²) < 4.78 is 0. The Balaban J connectivity index is 1.73. The van der Waals surface area contributed by atoms with Crippen molar-refractivity contribution < 1.29 is 0 Å². The third-order valence-corrected chi connectivity index (χ3v) is 3.76. The van der Waals surface area contributed by atoms with E-state index in [-0.39, 0.29) is 0 Å². The van der Waals surface area contributed by atoms with Crippen molar-refractivity contribution in [1.82, 2.24) is 10.3 Å². The average molecular weight is 242 g/mol. The predicted molar refractivity (Wildman–Crippen MR) is 70.3 cm³/mol. The van der Waals surface area contributed by atoms with E-state index in [0.29, 0.717) is 17.8 Å². The fraction of sp³-hybridized carbons (Fsp3) is 0.571. The molecule has 1 atom stereocenters. The van der Waals surface area contributed by atoms with E-state index in [4.69, 9.17) is 5.26 Å². The molecule has 0 amide bonds. The molecule has 1 aromatic rings. The van der Waals surface area contributed by atoms with Crippen LogP contribution in [0.15, 0.2) is 18.3 Å². The van der Waals surface area contributed by atoms with E-state index in [9.17, 15) is 0 Å². The Morgan fingerprint density at radius 1 is 1.39 bits per heavy atom. The number of nitrogens with one attached hydrogen (secondary N) is 1. The lowest BCUT2D eigenvalue weighted by molar-refractivity contribution is 0.578. The molecule has 2 fully saturated rings. The molecule has 1 aliphatic carbocycles. The molecule has 1 saturated carbocycles. The summed E-state index contributed by atoms with van der Waals surface area (Å²) in [7, 11) is 0. The van der Waals surface area contributed by atoms with E-state index in [1.807, 2.05) is 18.3 Å². The van der Waals surface area contributed by atoms with Crippen LogP contribution in [0.25, 0.3) is 0 Å². The van der Waals surface area contributed by atoms with E-state index < -0.39 is 0 Å². The SMILES string of the molecule is N#Cc1ccc(N(CC2CCCN2)C2CC2)cn1. The summed E-state index contributed by atoms with van der Waals surface area (Å²) in [5.74, 6) is 0. The number of hydrogen-bond donors (Lipinski definition) is 1. The standard InChI is InChI=1S/C14H18N4/c15-8-11-3-4-14(9-17-11)18(13-5-6-13)10-12-2-1-7-16-12/h3-4,9,12-13,16H,1-2,5-7,10H2. The molecule has 2 heterocycles. The van der Waals surface area contributed by atoms with Gasteiger partial charge in [-0.1, -0.05) is 0 Å². The van der Waals surface area contributed by atoms with Crippen molar-refractivity contribution in [1.29, 1.82) is 5.26 Å². The molecule has 2 aliphatic rings. The first-order chi connectivity index (χ1) is 8.86. The van der Waals surface area contributed by atoms with Gasteiger partial charge >= 0.3 is 0 Å². The first-order valence-electron chi connectivity index (χ1n) is 6.73. The van der Waals surface area contributed by atoms with Crippen LogP contribution >= 0.6 is 0 Å². The Morgan fingerprint density at radius 3 is 2.83 bits per heavy atom. The molecular formula is C14H18N4. The summed E-state index contributed by atoms with van der Waals surface area (Å²) in [6.45, 7) is 2.22. The van der Waals surface area contributed by atoms with Gasteiger partial charge in [0.15, 0.2) is 0 Å². The van der Waals surface area contributed by atoms with E-state index >= 15 is 0 Å². The van der Waals surface area contributed by atoms with Crippen LogP contribution in [0.3, 0.4) is 0 Å². The summed E-state index contributed by atoms with van der Waals surface area (Å²) in [4.78, 5) is 6.64. The van der Waals surface area contributed by atoms with E-state index in [0.717, 1.165) is 18.8 Å². The largest absolute Gasteiger partial charge is 0.366 e. The van der Waals surface area contributed by atoms with Crippen LogP contribution in [-0.4, -0.2) is 30.2 Å². The number of nitrogens with zero attached hydrogens (tertiary/aromatic N) is 3. The molecule has 3 rings (SSSR count). The van der Waals surface area contributed by atoms with Crippen LogP contribution in [0.4, 0.5) is 5.69 Å². The van der Waals surface area contributed by atoms with Gasteiger partial charge in [0.1, 0.15) is 11.8 Å². The van der Waals surface area contributed by atoms with Gasteiger partial charge in [-0.3, -0.25) is 0 Å². The first kappa shape index (κ1) is 11.5. The summed E-state index contributed by atoms with van der Waals surface area (Å²) in [6, 6.07) is 7.20. The number of pyridine rings is 1. The van der Waals surface area contributed by atoms with E-state index in [2.05, 4.69) is 21.3 Å². The number of rotatable bonds is 4. The van der Waals surface area contributed by atoms with E-state index in [1.165, 1.54) is 25.7 Å². The zero-order valence-corrected chi connectivity index (χ0v) is 10.5. The second-order valence-electron chi connectivity index (χ2n) is 5.19. The molecule has 1 aromatic heterocycles. The van der Waals surface area contributed by atoms with Crippen LogP contribution in [0.5, 0.6) is 0 Å². The van der Waals surface area contributed by atoms with Crippen molar-refractivity contribution in [3.05, 3.63) is 24.0 Å². The lowest BCUT2D eigenvalue weighted by Crippen LogP contribution is -2.39. The molecule has 0 bridgehead atoms. The smallest absolute Gasteiger partial charge is 0.140 e. The molecule has 1 N–H and O–H groups in total. The van der Waals surface area contributed by atoms with Crippen LogP contribution < -0.4 is 10.2 Å². The lowest BCUT2D eigenvalue weighted by Gasteiger charge is -2.27. The molecule has 4 heteroatoms. The molecule has 0 aromatic carbocycles. The van der Waals surface area contributed by atoms with Crippen molar-refractivity contribution in [2.24, 2.45) is 0 Å². The third kappa shape index (κ3) is 2.46. The molecular weight excluding hydrogens is 224 g/mol.